The van der Waals surface area contributed by atoms with Gasteiger partial charge in [-0.05, 0) is 77.2 Å². The van der Waals surface area contributed by atoms with Crippen LogP contribution < -0.4 is 29.7 Å². The van der Waals surface area contributed by atoms with E-state index in [-0.39, 0.29) is 22.5 Å². The number of aromatic nitrogens is 4. The van der Waals surface area contributed by atoms with Crippen molar-refractivity contribution in [1.82, 2.24) is 25.1 Å². The van der Waals surface area contributed by atoms with Crippen LogP contribution in [0.3, 0.4) is 0 Å². The van der Waals surface area contributed by atoms with E-state index in [1.54, 1.807) is 50.6 Å². The van der Waals surface area contributed by atoms with Crippen molar-refractivity contribution in [3.8, 4) is 40.1 Å². The standard InChI is InChI=1S/C38H36N6O7.CH4O3S.H2O/c1-47-32-17-24-14-16-43(22-25(24)18-33(32)48-2)15-13-23-9-11-26(12-10-23)44-41-37(40-42-44)28-19-34(49-3)35(50-4)20-29(28)39-38(46)36-21-30(45)27-7-5-6-8-31(27)51-36;1-5(2,3)4;/h5-12,17-21H,13-16,22H2,1-4H3,(H,39,46);1H3,(H,2,3,4);1H2. The summed E-state index contributed by atoms with van der Waals surface area (Å²) in [6, 6.07) is 23.3. The Bertz CT molecular complexity index is 2530. The third-order valence-corrected chi connectivity index (χ3v) is 8.97. The second kappa shape index (κ2) is 18.1. The summed E-state index contributed by atoms with van der Waals surface area (Å²) in [5, 5.41) is 16.4. The van der Waals surface area contributed by atoms with Crippen molar-refractivity contribution >= 4 is 32.7 Å². The van der Waals surface area contributed by atoms with Crippen LogP contribution in [-0.2, 0) is 29.5 Å². The summed E-state index contributed by atoms with van der Waals surface area (Å²) in [7, 11) is 2.66. The fourth-order valence-electron chi connectivity index (χ4n) is 6.21. The number of rotatable bonds is 11. The zero-order chi connectivity index (χ0) is 40.0. The number of hydrogen-bond acceptors (Lipinski definition) is 13. The molecule has 1 aliphatic rings. The molecule has 57 heavy (non-hydrogen) atoms. The average molecular weight is 803 g/mol. The van der Waals surface area contributed by atoms with Crippen LogP contribution >= 0.6 is 0 Å². The molecule has 0 bridgehead atoms. The Kier molecular flexibility index (Phi) is 13.3. The Labute approximate surface area is 327 Å². The highest BCUT2D eigenvalue weighted by Gasteiger charge is 2.22. The number of carbonyl (C=O) groups excluding carboxylic acids is 1. The van der Waals surface area contributed by atoms with Crippen molar-refractivity contribution in [1.29, 1.82) is 0 Å². The predicted molar refractivity (Wildman–Crippen MR) is 211 cm³/mol. The number of carbonyl (C=O) groups is 1. The lowest BCUT2D eigenvalue weighted by molar-refractivity contribution is 0.0997. The summed E-state index contributed by atoms with van der Waals surface area (Å²) < 4.78 is 53.6. The minimum atomic E-state index is -3.67. The van der Waals surface area contributed by atoms with Crippen molar-refractivity contribution in [3.63, 3.8) is 0 Å². The number of amides is 1. The summed E-state index contributed by atoms with van der Waals surface area (Å²) in [4.78, 5) is 29.9. The van der Waals surface area contributed by atoms with Crippen LogP contribution in [-0.4, -0.2) is 97.2 Å². The monoisotopic (exact) mass is 802 g/mol. The molecule has 17 nitrogen and oxygen atoms in total. The maximum Gasteiger partial charge on any atom is 0.291 e. The van der Waals surface area contributed by atoms with Crippen LogP contribution in [0, 0.1) is 0 Å². The normalized spacial score (nSPS) is 12.4. The second-order valence-corrected chi connectivity index (χ2v) is 14.2. The number of para-hydroxylation sites is 1. The molecule has 0 unspecified atom stereocenters. The van der Waals surface area contributed by atoms with Crippen molar-refractivity contribution in [2.45, 2.75) is 19.4 Å². The van der Waals surface area contributed by atoms with E-state index < -0.39 is 16.0 Å². The minimum Gasteiger partial charge on any atom is -0.493 e. The van der Waals surface area contributed by atoms with Crippen molar-refractivity contribution < 1.29 is 46.6 Å². The van der Waals surface area contributed by atoms with Crippen LogP contribution in [0.5, 0.6) is 23.0 Å². The number of tetrazole rings is 1. The molecule has 0 saturated heterocycles. The number of anilines is 1. The van der Waals surface area contributed by atoms with Gasteiger partial charge in [-0.2, -0.15) is 8.42 Å². The summed E-state index contributed by atoms with van der Waals surface area (Å²) in [6.07, 6.45) is 2.55. The Balaban J connectivity index is 0.000000974. The molecule has 0 atom stereocenters. The van der Waals surface area contributed by atoms with E-state index >= 15 is 0 Å². The van der Waals surface area contributed by atoms with E-state index in [0.29, 0.717) is 40.0 Å². The van der Waals surface area contributed by atoms with Gasteiger partial charge < -0.3 is 34.2 Å². The lowest BCUT2D eigenvalue weighted by atomic mass is 9.98. The number of nitrogens with zero attached hydrogens (tertiary/aromatic N) is 5. The van der Waals surface area contributed by atoms with Gasteiger partial charge in [0.15, 0.2) is 34.2 Å². The Morgan fingerprint density at radius 1 is 0.877 bits per heavy atom. The molecule has 1 aliphatic heterocycles. The molecule has 3 heterocycles. The smallest absolute Gasteiger partial charge is 0.291 e. The lowest BCUT2D eigenvalue weighted by Gasteiger charge is -2.29. The Morgan fingerprint density at radius 2 is 1.49 bits per heavy atom. The van der Waals surface area contributed by atoms with Crippen molar-refractivity contribution in [2.75, 3.05) is 53.1 Å². The fraction of sp³-hybridized carbons (Fsp3) is 0.256. The van der Waals surface area contributed by atoms with Crippen LogP contribution in [0.1, 0.15) is 27.2 Å². The van der Waals surface area contributed by atoms with E-state index in [2.05, 4.69) is 49.9 Å². The molecule has 4 N–H and O–H groups in total. The molecule has 2 aromatic heterocycles. The molecule has 0 fully saturated rings. The van der Waals surface area contributed by atoms with Gasteiger partial charge in [-0.25, -0.2) is 0 Å². The average Bonchev–Trinajstić information content (AvgIpc) is 3.69. The van der Waals surface area contributed by atoms with Gasteiger partial charge in [0, 0.05) is 31.8 Å². The second-order valence-electron chi connectivity index (χ2n) is 12.7. The molecule has 0 saturated carbocycles. The molecule has 0 radical (unpaired) electrons. The third kappa shape index (κ3) is 10.1. The first-order chi connectivity index (χ1) is 26.9. The highest BCUT2D eigenvalue weighted by Crippen LogP contribution is 2.38. The van der Waals surface area contributed by atoms with Crippen molar-refractivity contribution in [2.24, 2.45) is 0 Å². The first kappa shape index (κ1) is 41.8. The van der Waals surface area contributed by atoms with E-state index in [9.17, 15) is 18.0 Å². The van der Waals surface area contributed by atoms with Crippen LogP contribution in [0.25, 0.3) is 28.0 Å². The number of ether oxygens (including phenoxy) is 4. The largest absolute Gasteiger partial charge is 0.493 e. The van der Waals surface area contributed by atoms with Gasteiger partial charge in [0.2, 0.25) is 5.82 Å². The number of methoxy groups -OCH3 is 4. The van der Waals surface area contributed by atoms with E-state index in [1.807, 2.05) is 12.1 Å². The number of nitrogens with one attached hydrogen (secondary N) is 1. The van der Waals surface area contributed by atoms with Gasteiger partial charge in [-0.3, -0.25) is 19.0 Å². The topological polar surface area (TPSA) is 229 Å². The van der Waals surface area contributed by atoms with E-state index in [0.717, 1.165) is 55.7 Å². The quantitative estimate of drug-likeness (QED) is 0.177. The molecule has 4 aromatic carbocycles. The number of hydrogen-bond donors (Lipinski definition) is 2. The zero-order valence-electron chi connectivity index (χ0n) is 31.8. The van der Waals surface area contributed by atoms with E-state index in [1.165, 1.54) is 35.7 Å². The van der Waals surface area contributed by atoms with E-state index in [4.69, 9.17) is 27.9 Å². The highest BCUT2D eigenvalue weighted by atomic mass is 32.2. The van der Waals surface area contributed by atoms with Gasteiger partial charge in [0.05, 0.1) is 57.0 Å². The molecule has 18 heteroatoms. The zero-order valence-corrected chi connectivity index (χ0v) is 32.6. The fourth-order valence-corrected chi connectivity index (χ4v) is 6.21. The van der Waals surface area contributed by atoms with Crippen LogP contribution in [0.15, 0.2) is 88.1 Å². The van der Waals surface area contributed by atoms with Gasteiger partial charge >= 0.3 is 0 Å². The lowest BCUT2D eigenvalue weighted by Crippen LogP contribution is -2.32. The van der Waals surface area contributed by atoms with Gasteiger partial charge in [0.1, 0.15) is 5.58 Å². The molecule has 300 valence electrons. The SMILES string of the molecule is COc1cc2c(cc1OC)CN(CCc1ccc(-n3nnc(-c4cc(OC)c(OC)cc4NC(=O)c4cc(=O)c5ccccc5o4)n3)cc1)CC2.CS(=O)(=O)O.O. The Morgan fingerprint density at radius 3 is 2.16 bits per heavy atom. The maximum atomic E-state index is 13.4. The van der Waals surface area contributed by atoms with Gasteiger partial charge in [-0.1, -0.05) is 24.3 Å². The van der Waals surface area contributed by atoms with Crippen molar-refractivity contribution in [3.05, 3.63) is 112 Å². The molecule has 7 rings (SSSR count). The summed E-state index contributed by atoms with van der Waals surface area (Å²) >= 11 is 0. The summed E-state index contributed by atoms with van der Waals surface area (Å²) in [6.45, 7) is 2.74. The van der Waals surface area contributed by atoms with Crippen LogP contribution in [0.2, 0.25) is 0 Å². The minimum absolute atomic E-state index is 0. The first-order valence-corrected chi connectivity index (χ1v) is 19.1. The third-order valence-electron chi connectivity index (χ3n) is 8.97. The first-order valence-electron chi connectivity index (χ1n) is 17.3. The predicted octanol–water partition coefficient (Wildman–Crippen LogP) is 4.00. The maximum absolute atomic E-state index is 13.4. The summed E-state index contributed by atoms with van der Waals surface area (Å²) in [5.74, 6) is 1.73. The molecule has 1 amide bonds. The molecular weight excluding hydrogens is 761 g/mol. The number of benzene rings is 4. The molecule has 0 spiro atoms. The molecular formula is C39H42N6O11S. The number of fused-ring (bicyclic) bond motifs is 2. The van der Waals surface area contributed by atoms with Gasteiger partial charge in [0.25, 0.3) is 16.0 Å². The van der Waals surface area contributed by atoms with Crippen LogP contribution in [0.4, 0.5) is 5.69 Å². The Hall–Kier alpha value is -6.34. The van der Waals surface area contributed by atoms with Gasteiger partial charge in [-0.15, -0.1) is 15.0 Å². The summed E-state index contributed by atoms with van der Waals surface area (Å²) in [5.41, 5.74) is 5.17. The molecule has 0 aliphatic carbocycles. The molecule has 6 aromatic rings. The highest BCUT2D eigenvalue weighted by molar-refractivity contribution is 7.85.